The highest BCUT2D eigenvalue weighted by Crippen LogP contribution is 2.19. The van der Waals surface area contributed by atoms with Gasteiger partial charge in [-0.2, -0.15) is 0 Å². The molecule has 0 unspecified atom stereocenters. The highest BCUT2D eigenvalue weighted by Gasteiger charge is 2.19. The quantitative estimate of drug-likeness (QED) is 0.911. The van der Waals surface area contributed by atoms with Gasteiger partial charge in [-0.1, -0.05) is 17.7 Å². The maximum Gasteiger partial charge on any atom is 0.261 e. The predicted molar refractivity (Wildman–Crippen MR) is 98.2 cm³/mol. The van der Waals surface area contributed by atoms with Crippen molar-refractivity contribution in [1.29, 1.82) is 0 Å². The zero-order valence-corrected chi connectivity index (χ0v) is 15.1. The van der Waals surface area contributed by atoms with Crippen molar-refractivity contribution in [2.75, 3.05) is 17.8 Å². The van der Waals surface area contributed by atoms with Crippen LogP contribution in [-0.2, 0) is 10.0 Å². The molecule has 0 atom stereocenters. The van der Waals surface area contributed by atoms with E-state index in [0.29, 0.717) is 11.3 Å². The SMILES string of the molecule is Cc1ccc(NS(=O)(=O)c2ccc(C(=O)N3CCCCC3)cc2)cc1. The summed E-state index contributed by atoms with van der Waals surface area (Å²) in [7, 11) is -3.67. The standard InChI is InChI=1S/C19H22N2O3S/c1-15-5-9-17(10-6-15)20-25(23,24)18-11-7-16(8-12-18)19(22)21-13-3-2-4-14-21/h5-12,20H,2-4,13-14H2,1H3. The van der Waals surface area contributed by atoms with E-state index in [4.69, 9.17) is 0 Å². The number of nitrogens with zero attached hydrogens (tertiary/aromatic N) is 1. The molecule has 2 aromatic carbocycles. The van der Waals surface area contributed by atoms with Gasteiger partial charge in [0.2, 0.25) is 0 Å². The Morgan fingerprint density at radius 1 is 0.920 bits per heavy atom. The van der Waals surface area contributed by atoms with Crippen molar-refractivity contribution in [1.82, 2.24) is 4.90 Å². The van der Waals surface area contributed by atoms with Crippen molar-refractivity contribution in [3.05, 3.63) is 59.7 Å². The topological polar surface area (TPSA) is 66.5 Å². The summed E-state index contributed by atoms with van der Waals surface area (Å²) in [6.45, 7) is 3.48. The summed E-state index contributed by atoms with van der Waals surface area (Å²) in [4.78, 5) is 14.4. The molecule has 2 aromatic rings. The molecule has 25 heavy (non-hydrogen) atoms. The van der Waals surface area contributed by atoms with Crippen LogP contribution in [0.25, 0.3) is 0 Å². The van der Waals surface area contributed by atoms with Gasteiger partial charge in [-0.25, -0.2) is 8.42 Å². The van der Waals surface area contributed by atoms with Crippen molar-refractivity contribution < 1.29 is 13.2 Å². The molecular weight excluding hydrogens is 336 g/mol. The van der Waals surface area contributed by atoms with Gasteiger partial charge in [0.15, 0.2) is 0 Å². The van der Waals surface area contributed by atoms with E-state index in [2.05, 4.69) is 4.72 Å². The van der Waals surface area contributed by atoms with Crippen LogP contribution < -0.4 is 4.72 Å². The molecule has 0 radical (unpaired) electrons. The lowest BCUT2D eigenvalue weighted by molar-refractivity contribution is 0.0724. The first-order chi connectivity index (χ1) is 12.0. The lowest BCUT2D eigenvalue weighted by Gasteiger charge is -2.26. The van der Waals surface area contributed by atoms with Crippen LogP contribution in [0.2, 0.25) is 0 Å². The van der Waals surface area contributed by atoms with Gasteiger partial charge < -0.3 is 4.90 Å². The van der Waals surface area contributed by atoms with Gasteiger partial charge in [0, 0.05) is 24.3 Å². The van der Waals surface area contributed by atoms with E-state index in [0.717, 1.165) is 37.9 Å². The van der Waals surface area contributed by atoms with E-state index in [-0.39, 0.29) is 10.8 Å². The van der Waals surface area contributed by atoms with Crippen LogP contribution in [0.5, 0.6) is 0 Å². The van der Waals surface area contributed by atoms with Crippen molar-refractivity contribution in [2.45, 2.75) is 31.1 Å². The molecule has 1 amide bonds. The van der Waals surface area contributed by atoms with Gasteiger partial charge in [0.25, 0.3) is 15.9 Å². The van der Waals surface area contributed by atoms with Gasteiger partial charge in [-0.3, -0.25) is 9.52 Å². The summed E-state index contributed by atoms with van der Waals surface area (Å²) in [6, 6.07) is 13.3. The lowest BCUT2D eigenvalue weighted by atomic mass is 10.1. The van der Waals surface area contributed by atoms with Crippen molar-refractivity contribution in [3.63, 3.8) is 0 Å². The van der Waals surface area contributed by atoms with Gasteiger partial charge >= 0.3 is 0 Å². The molecule has 1 aliphatic rings. The normalized spacial score (nSPS) is 15.0. The number of hydrogen-bond donors (Lipinski definition) is 1. The number of hydrogen-bond acceptors (Lipinski definition) is 3. The van der Waals surface area contributed by atoms with E-state index < -0.39 is 10.0 Å². The Morgan fingerprint density at radius 3 is 2.12 bits per heavy atom. The number of nitrogens with one attached hydrogen (secondary N) is 1. The third kappa shape index (κ3) is 4.20. The maximum absolute atomic E-state index is 12.5. The van der Waals surface area contributed by atoms with Crippen LogP contribution in [0.4, 0.5) is 5.69 Å². The summed E-state index contributed by atoms with van der Waals surface area (Å²) in [6.07, 6.45) is 3.21. The minimum atomic E-state index is -3.67. The molecule has 1 N–H and O–H groups in total. The molecule has 0 aromatic heterocycles. The summed E-state index contributed by atoms with van der Waals surface area (Å²) < 4.78 is 27.5. The number of rotatable bonds is 4. The molecule has 5 nitrogen and oxygen atoms in total. The van der Waals surface area contributed by atoms with Crippen LogP contribution in [-0.4, -0.2) is 32.3 Å². The zero-order valence-electron chi connectivity index (χ0n) is 14.2. The highest BCUT2D eigenvalue weighted by molar-refractivity contribution is 7.92. The van der Waals surface area contributed by atoms with Crippen molar-refractivity contribution >= 4 is 21.6 Å². The van der Waals surface area contributed by atoms with E-state index in [1.807, 2.05) is 24.0 Å². The Kier molecular flexibility index (Phi) is 5.08. The fraction of sp³-hybridized carbons (Fsp3) is 0.316. The molecule has 0 bridgehead atoms. The monoisotopic (exact) mass is 358 g/mol. The van der Waals surface area contributed by atoms with Gasteiger partial charge in [-0.05, 0) is 62.6 Å². The number of amides is 1. The number of benzene rings is 2. The van der Waals surface area contributed by atoms with Crippen LogP contribution in [0.15, 0.2) is 53.4 Å². The van der Waals surface area contributed by atoms with Crippen molar-refractivity contribution in [2.24, 2.45) is 0 Å². The maximum atomic E-state index is 12.5. The van der Waals surface area contributed by atoms with Gasteiger partial charge in [0.05, 0.1) is 4.90 Å². The number of aryl methyl sites for hydroxylation is 1. The van der Waals surface area contributed by atoms with Gasteiger partial charge in [0.1, 0.15) is 0 Å². The second-order valence-electron chi connectivity index (χ2n) is 6.35. The van der Waals surface area contributed by atoms with E-state index >= 15 is 0 Å². The first-order valence-electron chi connectivity index (χ1n) is 8.44. The van der Waals surface area contributed by atoms with Gasteiger partial charge in [-0.15, -0.1) is 0 Å². The molecule has 1 aliphatic heterocycles. The molecule has 0 saturated carbocycles. The van der Waals surface area contributed by atoms with E-state index in [1.54, 1.807) is 24.3 Å². The number of sulfonamides is 1. The minimum absolute atomic E-state index is 0.0323. The predicted octanol–water partition coefficient (Wildman–Crippen LogP) is 3.42. The summed E-state index contributed by atoms with van der Waals surface area (Å²) in [5.74, 6) is -0.0323. The lowest BCUT2D eigenvalue weighted by Crippen LogP contribution is -2.35. The fourth-order valence-electron chi connectivity index (χ4n) is 2.89. The highest BCUT2D eigenvalue weighted by atomic mass is 32.2. The van der Waals surface area contributed by atoms with Crippen LogP contribution in [0, 0.1) is 6.92 Å². The molecular formula is C19H22N2O3S. The molecule has 6 heteroatoms. The molecule has 0 aliphatic carbocycles. The fourth-order valence-corrected chi connectivity index (χ4v) is 3.95. The van der Waals surface area contributed by atoms with Crippen LogP contribution in [0.3, 0.4) is 0 Å². The smallest absolute Gasteiger partial charge is 0.261 e. The first-order valence-corrected chi connectivity index (χ1v) is 9.93. The molecule has 1 saturated heterocycles. The molecule has 1 heterocycles. The average Bonchev–Trinajstić information content (AvgIpc) is 2.64. The Labute approximate surface area is 148 Å². The second kappa shape index (κ2) is 7.27. The molecule has 3 rings (SSSR count). The summed E-state index contributed by atoms with van der Waals surface area (Å²) in [5.41, 5.74) is 2.10. The van der Waals surface area contributed by atoms with E-state index in [9.17, 15) is 13.2 Å². The molecule has 1 fully saturated rings. The largest absolute Gasteiger partial charge is 0.339 e. The number of carbonyl (C=O) groups excluding carboxylic acids is 1. The second-order valence-corrected chi connectivity index (χ2v) is 8.03. The Morgan fingerprint density at radius 2 is 1.52 bits per heavy atom. The summed E-state index contributed by atoms with van der Waals surface area (Å²) >= 11 is 0. The van der Waals surface area contributed by atoms with E-state index in [1.165, 1.54) is 12.1 Å². The van der Waals surface area contributed by atoms with Crippen LogP contribution in [0.1, 0.15) is 35.2 Å². The Bertz CT molecular complexity index is 837. The first kappa shape index (κ1) is 17.5. The summed E-state index contributed by atoms with van der Waals surface area (Å²) in [5, 5.41) is 0. The number of piperidine rings is 1. The minimum Gasteiger partial charge on any atom is -0.339 e. The third-order valence-corrected chi connectivity index (χ3v) is 5.76. The zero-order chi connectivity index (χ0) is 17.9. The number of anilines is 1. The molecule has 132 valence electrons. The van der Waals surface area contributed by atoms with Crippen LogP contribution >= 0.6 is 0 Å². The number of likely N-dealkylation sites (tertiary alicyclic amines) is 1. The average molecular weight is 358 g/mol. The third-order valence-electron chi connectivity index (χ3n) is 4.36. The Balaban J connectivity index is 1.74. The molecule has 0 spiro atoms. The number of carbonyl (C=O) groups is 1. The Hall–Kier alpha value is -2.34. The van der Waals surface area contributed by atoms with Crippen molar-refractivity contribution in [3.8, 4) is 0 Å².